The summed E-state index contributed by atoms with van der Waals surface area (Å²) in [5, 5.41) is 10.2. The van der Waals surface area contributed by atoms with Crippen molar-refractivity contribution in [2.45, 2.75) is 12.5 Å². The Bertz CT molecular complexity index is 1200. The van der Waals surface area contributed by atoms with Crippen molar-refractivity contribution in [2.24, 2.45) is 5.10 Å². The van der Waals surface area contributed by atoms with E-state index in [2.05, 4.69) is 31.0 Å². The minimum absolute atomic E-state index is 0.238. The van der Waals surface area contributed by atoms with Crippen molar-refractivity contribution in [2.75, 3.05) is 0 Å². The number of hydrogen-bond donors (Lipinski definition) is 0. The van der Waals surface area contributed by atoms with Gasteiger partial charge < -0.3 is 4.42 Å². The van der Waals surface area contributed by atoms with E-state index >= 15 is 0 Å². The van der Waals surface area contributed by atoms with Crippen LogP contribution in [-0.4, -0.2) is 26.6 Å². The molecular formula is C20H13BrN4O2S. The Morgan fingerprint density at radius 2 is 2.00 bits per heavy atom. The van der Waals surface area contributed by atoms with Gasteiger partial charge in [0.1, 0.15) is 0 Å². The maximum Gasteiger partial charge on any atom is 0.310 e. The van der Waals surface area contributed by atoms with Gasteiger partial charge >= 0.3 is 5.91 Å². The molecule has 4 heterocycles. The second-order valence-electron chi connectivity index (χ2n) is 6.34. The van der Waals surface area contributed by atoms with Crippen molar-refractivity contribution >= 4 is 49.9 Å². The highest BCUT2D eigenvalue weighted by Gasteiger charge is 2.35. The molecule has 0 fully saturated rings. The van der Waals surface area contributed by atoms with Gasteiger partial charge in [-0.3, -0.25) is 14.8 Å². The Balaban J connectivity index is 1.57. The minimum atomic E-state index is -0.278. The number of carbonyl (C=O) groups excluding carboxylic acids is 1. The first kappa shape index (κ1) is 17.3. The van der Waals surface area contributed by atoms with Crippen molar-refractivity contribution in [1.82, 2.24) is 15.0 Å². The molecule has 6 nitrogen and oxygen atoms in total. The highest BCUT2D eigenvalue weighted by atomic mass is 79.9. The summed E-state index contributed by atoms with van der Waals surface area (Å²) in [6.07, 6.45) is 3.95. The number of rotatable bonds is 3. The smallest absolute Gasteiger partial charge is 0.310 e. The fourth-order valence-electron chi connectivity index (χ4n) is 3.29. The molecule has 4 aromatic rings. The van der Waals surface area contributed by atoms with E-state index in [0.29, 0.717) is 11.1 Å². The Morgan fingerprint density at radius 1 is 1.14 bits per heavy atom. The number of thiophene rings is 1. The average molecular weight is 453 g/mol. The number of hydrogen-bond acceptors (Lipinski definition) is 6. The van der Waals surface area contributed by atoms with Crippen LogP contribution < -0.4 is 0 Å². The van der Waals surface area contributed by atoms with E-state index in [1.165, 1.54) is 5.01 Å². The summed E-state index contributed by atoms with van der Waals surface area (Å²) in [5.74, 6) is -0.0343. The van der Waals surface area contributed by atoms with Crippen LogP contribution in [0.5, 0.6) is 0 Å². The van der Waals surface area contributed by atoms with Crippen molar-refractivity contribution in [3.63, 3.8) is 0 Å². The lowest BCUT2D eigenvalue weighted by Crippen LogP contribution is -2.26. The maximum absolute atomic E-state index is 13.1. The van der Waals surface area contributed by atoms with Gasteiger partial charge in [0.05, 0.1) is 22.8 Å². The first-order valence-corrected chi connectivity index (χ1v) is 10.3. The molecule has 0 radical (unpaired) electrons. The molecular weight excluding hydrogens is 440 g/mol. The van der Waals surface area contributed by atoms with E-state index in [1.54, 1.807) is 35.9 Å². The molecule has 0 N–H and O–H groups in total. The molecule has 0 saturated carbocycles. The number of fused-ring (bicyclic) bond motifs is 1. The summed E-state index contributed by atoms with van der Waals surface area (Å²) in [6.45, 7) is 0. The molecule has 0 aliphatic carbocycles. The van der Waals surface area contributed by atoms with Crippen LogP contribution in [0.1, 0.15) is 34.1 Å². The summed E-state index contributed by atoms with van der Waals surface area (Å²) in [6, 6.07) is 11.0. The molecule has 1 atom stereocenters. The van der Waals surface area contributed by atoms with Crippen molar-refractivity contribution in [3.8, 4) is 0 Å². The second-order valence-corrected chi connectivity index (χ2v) is 7.90. The minimum Gasteiger partial charge on any atom is -0.444 e. The van der Waals surface area contributed by atoms with Gasteiger partial charge in [-0.1, -0.05) is 6.07 Å². The third kappa shape index (κ3) is 3.04. The number of halogens is 1. The lowest BCUT2D eigenvalue weighted by atomic mass is 9.99. The normalized spacial score (nSPS) is 16.5. The van der Waals surface area contributed by atoms with Gasteiger partial charge in [0.25, 0.3) is 0 Å². The van der Waals surface area contributed by atoms with E-state index in [1.807, 2.05) is 35.0 Å². The standard InChI is InChI=1S/C20H13BrN4O2S/c21-19-4-3-18(27-19)20(26)25-17(10-15(24-25)13-5-8-28-11-13)12-1-2-14-16(9-12)23-7-6-22-14/h1-9,11,17H,10H2/t17-/m0/s1. The van der Waals surface area contributed by atoms with Gasteiger partial charge in [-0.2, -0.15) is 16.4 Å². The Labute approximate surface area is 172 Å². The molecule has 0 saturated heterocycles. The van der Waals surface area contributed by atoms with Crippen molar-refractivity contribution in [3.05, 3.63) is 81.1 Å². The van der Waals surface area contributed by atoms with Crippen LogP contribution in [0.15, 0.2) is 73.7 Å². The number of aromatic nitrogens is 2. The van der Waals surface area contributed by atoms with E-state index in [9.17, 15) is 4.79 Å². The summed E-state index contributed by atoms with van der Waals surface area (Å²) in [4.78, 5) is 21.8. The Morgan fingerprint density at radius 3 is 2.75 bits per heavy atom. The van der Waals surface area contributed by atoms with Crippen LogP contribution in [-0.2, 0) is 0 Å². The zero-order valence-electron chi connectivity index (χ0n) is 14.4. The van der Waals surface area contributed by atoms with Crippen LogP contribution in [0, 0.1) is 0 Å². The zero-order chi connectivity index (χ0) is 19.1. The summed E-state index contributed by atoms with van der Waals surface area (Å²) in [5.41, 5.74) is 4.48. The monoisotopic (exact) mass is 452 g/mol. The topological polar surface area (TPSA) is 71.6 Å². The van der Waals surface area contributed by atoms with Crippen LogP contribution in [0.3, 0.4) is 0 Å². The predicted molar refractivity (Wildman–Crippen MR) is 110 cm³/mol. The van der Waals surface area contributed by atoms with Crippen LogP contribution in [0.25, 0.3) is 11.0 Å². The number of benzene rings is 1. The van der Waals surface area contributed by atoms with Crippen molar-refractivity contribution < 1.29 is 9.21 Å². The highest BCUT2D eigenvalue weighted by molar-refractivity contribution is 9.10. The molecule has 1 amide bonds. The maximum atomic E-state index is 13.1. The third-order valence-electron chi connectivity index (χ3n) is 4.63. The van der Waals surface area contributed by atoms with Crippen molar-refractivity contribution in [1.29, 1.82) is 0 Å². The molecule has 28 heavy (non-hydrogen) atoms. The number of hydrazone groups is 1. The summed E-state index contributed by atoms with van der Waals surface area (Å²) < 4.78 is 5.98. The van der Waals surface area contributed by atoms with E-state index in [0.717, 1.165) is 27.9 Å². The van der Waals surface area contributed by atoms with Crippen LogP contribution >= 0.6 is 27.3 Å². The van der Waals surface area contributed by atoms with E-state index in [-0.39, 0.29) is 17.7 Å². The molecule has 8 heteroatoms. The summed E-state index contributed by atoms with van der Waals surface area (Å²) in [7, 11) is 0. The molecule has 138 valence electrons. The predicted octanol–water partition coefficient (Wildman–Crippen LogP) is 5.04. The molecule has 0 unspecified atom stereocenters. The van der Waals surface area contributed by atoms with Gasteiger partial charge in [-0.05, 0) is 62.6 Å². The van der Waals surface area contributed by atoms with Crippen LogP contribution in [0.2, 0.25) is 0 Å². The molecule has 3 aromatic heterocycles. The van der Waals surface area contributed by atoms with Gasteiger partial charge in [0.15, 0.2) is 10.4 Å². The van der Waals surface area contributed by atoms with Crippen LogP contribution in [0.4, 0.5) is 0 Å². The summed E-state index contributed by atoms with van der Waals surface area (Å²) >= 11 is 4.86. The van der Waals surface area contributed by atoms with Gasteiger partial charge in [0, 0.05) is 24.4 Å². The van der Waals surface area contributed by atoms with Gasteiger partial charge in [-0.25, -0.2) is 5.01 Å². The number of nitrogens with zero attached hydrogens (tertiary/aromatic N) is 4. The molecule has 0 spiro atoms. The quantitative estimate of drug-likeness (QED) is 0.436. The van der Waals surface area contributed by atoms with Gasteiger partial charge in [0.2, 0.25) is 0 Å². The first-order chi connectivity index (χ1) is 13.7. The number of carbonyl (C=O) groups is 1. The number of furan rings is 1. The fraction of sp³-hybridized carbons (Fsp3) is 0.100. The number of amides is 1. The zero-order valence-corrected chi connectivity index (χ0v) is 16.9. The molecule has 5 rings (SSSR count). The van der Waals surface area contributed by atoms with E-state index in [4.69, 9.17) is 4.42 Å². The highest BCUT2D eigenvalue weighted by Crippen LogP contribution is 2.35. The van der Waals surface area contributed by atoms with Gasteiger partial charge in [-0.15, -0.1) is 0 Å². The lowest BCUT2D eigenvalue weighted by molar-refractivity contribution is 0.0677. The SMILES string of the molecule is O=C(c1ccc(Br)o1)N1N=C(c2ccsc2)C[C@H]1c1ccc2nccnc2c1. The molecule has 1 aliphatic rings. The Hall–Kier alpha value is -2.84. The second kappa shape index (κ2) is 6.96. The Kier molecular flexibility index (Phi) is 4.29. The van der Waals surface area contributed by atoms with E-state index < -0.39 is 0 Å². The third-order valence-corrected chi connectivity index (χ3v) is 5.74. The lowest BCUT2D eigenvalue weighted by Gasteiger charge is -2.21. The molecule has 1 aliphatic heterocycles. The average Bonchev–Trinajstić information content (AvgIpc) is 3.47. The molecule has 0 bridgehead atoms. The fourth-order valence-corrected chi connectivity index (χ4v) is 4.26. The largest absolute Gasteiger partial charge is 0.444 e. The molecule has 1 aromatic carbocycles. The first-order valence-electron chi connectivity index (χ1n) is 8.58.